The van der Waals surface area contributed by atoms with Crippen LogP contribution in [0.15, 0.2) is 23.1 Å². The van der Waals surface area contributed by atoms with E-state index in [-0.39, 0.29) is 12.5 Å². The third kappa shape index (κ3) is 3.72. The maximum Gasteiger partial charge on any atom is 0.263 e. The van der Waals surface area contributed by atoms with E-state index < -0.39 is 5.91 Å². The van der Waals surface area contributed by atoms with Crippen LogP contribution in [0.4, 0.5) is 0 Å². The number of thiocarbonyl (C=S) groups is 1. The van der Waals surface area contributed by atoms with Crippen LogP contribution in [-0.4, -0.2) is 22.7 Å². The van der Waals surface area contributed by atoms with Crippen molar-refractivity contribution in [2.24, 2.45) is 5.73 Å². The summed E-state index contributed by atoms with van der Waals surface area (Å²) in [7, 11) is 0. The van der Waals surface area contributed by atoms with E-state index in [0.29, 0.717) is 25.6 Å². The number of hydrogen-bond acceptors (Lipinski definition) is 5. The van der Waals surface area contributed by atoms with Gasteiger partial charge >= 0.3 is 0 Å². The Morgan fingerprint density at radius 2 is 2.30 bits per heavy atom. The molecule has 0 radical (unpaired) electrons. The first-order chi connectivity index (χ1) is 9.45. The molecule has 0 bridgehead atoms. The van der Waals surface area contributed by atoms with Gasteiger partial charge in [-0.05, 0) is 24.3 Å². The average molecular weight is 329 g/mol. The Kier molecular flexibility index (Phi) is 4.64. The lowest BCUT2D eigenvalue weighted by Gasteiger charge is -2.08. The zero-order valence-electron chi connectivity index (χ0n) is 10.0. The molecular formula is C12H9ClN2O3S2. The quantitative estimate of drug-likeness (QED) is 0.649. The first-order valence-corrected chi connectivity index (χ1v) is 7.01. The molecule has 2 rings (SSSR count). The van der Waals surface area contributed by atoms with Gasteiger partial charge in [0.2, 0.25) is 0 Å². The Morgan fingerprint density at radius 1 is 1.55 bits per heavy atom. The van der Waals surface area contributed by atoms with E-state index >= 15 is 0 Å². The van der Waals surface area contributed by atoms with Crippen molar-refractivity contribution in [2.75, 3.05) is 6.61 Å². The zero-order chi connectivity index (χ0) is 14.7. The number of rotatable bonds is 4. The second-order valence-corrected chi connectivity index (χ2v) is 5.94. The maximum absolute atomic E-state index is 11.6. The Labute approximate surface area is 129 Å². The van der Waals surface area contributed by atoms with Crippen LogP contribution in [0.25, 0.3) is 6.08 Å². The number of halogens is 1. The SMILES string of the molecule is NC(=O)COc1ccc(Cl)cc1/C=C1\SC(=S)NC1=O. The van der Waals surface area contributed by atoms with Crippen LogP contribution in [0.2, 0.25) is 5.02 Å². The highest BCUT2D eigenvalue weighted by atomic mass is 35.5. The number of thioether (sulfide) groups is 1. The van der Waals surface area contributed by atoms with Crippen LogP contribution in [0.3, 0.4) is 0 Å². The minimum absolute atomic E-state index is 0.254. The van der Waals surface area contributed by atoms with Crippen molar-refractivity contribution in [3.8, 4) is 5.75 Å². The molecule has 1 aliphatic heterocycles. The number of primary amides is 1. The Morgan fingerprint density at radius 3 is 2.90 bits per heavy atom. The summed E-state index contributed by atoms with van der Waals surface area (Å²) in [6, 6.07) is 4.85. The topological polar surface area (TPSA) is 81.4 Å². The fourth-order valence-electron chi connectivity index (χ4n) is 1.47. The lowest BCUT2D eigenvalue weighted by atomic mass is 10.2. The molecule has 0 unspecified atom stereocenters. The Hall–Kier alpha value is -1.57. The normalized spacial score (nSPS) is 16.4. The number of nitrogens with two attached hydrogens (primary N) is 1. The summed E-state index contributed by atoms with van der Waals surface area (Å²) in [5.41, 5.74) is 5.60. The highest BCUT2D eigenvalue weighted by Gasteiger charge is 2.22. The van der Waals surface area contributed by atoms with Crippen molar-refractivity contribution in [3.05, 3.63) is 33.7 Å². The molecule has 2 amide bonds. The van der Waals surface area contributed by atoms with Crippen LogP contribution in [0.1, 0.15) is 5.56 Å². The predicted octanol–water partition coefficient (Wildman–Crippen LogP) is 1.69. The second-order valence-electron chi connectivity index (χ2n) is 3.79. The van der Waals surface area contributed by atoms with E-state index in [1.807, 2.05) is 0 Å². The standard InChI is InChI=1S/C12H9ClN2O3S2/c13-7-1-2-8(18-5-10(14)16)6(3-7)4-9-11(17)15-12(19)20-9/h1-4H,5H2,(H2,14,16)(H,15,17,19)/b9-4-. The van der Waals surface area contributed by atoms with Gasteiger partial charge < -0.3 is 15.8 Å². The molecule has 1 saturated heterocycles. The third-order valence-corrected chi connectivity index (χ3v) is 3.67. The summed E-state index contributed by atoms with van der Waals surface area (Å²) >= 11 is 12.0. The van der Waals surface area contributed by atoms with Gasteiger partial charge in [-0.1, -0.05) is 35.6 Å². The number of ether oxygens (including phenoxy) is 1. The average Bonchev–Trinajstić information content (AvgIpc) is 2.66. The van der Waals surface area contributed by atoms with Gasteiger partial charge in [-0.3, -0.25) is 9.59 Å². The molecule has 104 valence electrons. The van der Waals surface area contributed by atoms with Gasteiger partial charge in [-0.2, -0.15) is 0 Å². The molecular weight excluding hydrogens is 320 g/mol. The number of carbonyl (C=O) groups excluding carboxylic acids is 2. The molecule has 3 N–H and O–H groups in total. The zero-order valence-corrected chi connectivity index (χ0v) is 12.4. The lowest BCUT2D eigenvalue weighted by molar-refractivity contribution is -0.120. The predicted molar refractivity (Wildman–Crippen MR) is 82.5 cm³/mol. The summed E-state index contributed by atoms with van der Waals surface area (Å²) in [6.45, 7) is -0.254. The molecule has 1 heterocycles. The number of nitrogens with one attached hydrogen (secondary N) is 1. The van der Waals surface area contributed by atoms with Crippen LogP contribution in [0.5, 0.6) is 5.75 Å². The van der Waals surface area contributed by atoms with Crippen molar-refractivity contribution in [2.45, 2.75) is 0 Å². The number of carbonyl (C=O) groups is 2. The van der Waals surface area contributed by atoms with E-state index in [9.17, 15) is 9.59 Å². The van der Waals surface area contributed by atoms with Gasteiger partial charge in [0, 0.05) is 10.6 Å². The van der Waals surface area contributed by atoms with Crippen LogP contribution in [0, 0.1) is 0 Å². The molecule has 0 aliphatic carbocycles. The van der Waals surface area contributed by atoms with E-state index in [4.69, 9.17) is 34.3 Å². The Balaban J connectivity index is 2.32. The molecule has 1 fully saturated rings. The Bertz CT molecular complexity index is 631. The van der Waals surface area contributed by atoms with Gasteiger partial charge in [0.25, 0.3) is 11.8 Å². The molecule has 1 aromatic rings. The van der Waals surface area contributed by atoms with Crippen molar-refractivity contribution >= 4 is 57.8 Å². The first-order valence-electron chi connectivity index (χ1n) is 5.41. The van der Waals surface area contributed by atoms with E-state index in [2.05, 4.69) is 5.32 Å². The highest BCUT2D eigenvalue weighted by Crippen LogP contribution is 2.30. The smallest absolute Gasteiger partial charge is 0.263 e. The van der Waals surface area contributed by atoms with Gasteiger partial charge in [0.05, 0.1) is 4.91 Å². The molecule has 8 heteroatoms. The minimum Gasteiger partial charge on any atom is -0.483 e. The first kappa shape index (κ1) is 14.8. The molecule has 1 aromatic carbocycles. The van der Waals surface area contributed by atoms with Gasteiger partial charge in [0.15, 0.2) is 6.61 Å². The van der Waals surface area contributed by atoms with Crippen LogP contribution >= 0.6 is 35.6 Å². The van der Waals surface area contributed by atoms with Gasteiger partial charge in [0.1, 0.15) is 10.1 Å². The number of benzene rings is 1. The fourth-order valence-corrected chi connectivity index (χ4v) is 2.69. The summed E-state index contributed by atoms with van der Waals surface area (Å²) in [6.07, 6.45) is 1.60. The van der Waals surface area contributed by atoms with Gasteiger partial charge in [-0.15, -0.1) is 0 Å². The van der Waals surface area contributed by atoms with E-state index in [0.717, 1.165) is 11.8 Å². The monoisotopic (exact) mass is 328 g/mol. The fraction of sp³-hybridized carbons (Fsp3) is 0.0833. The molecule has 0 aromatic heterocycles. The van der Waals surface area contributed by atoms with E-state index in [1.54, 1.807) is 24.3 Å². The largest absolute Gasteiger partial charge is 0.483 e. The molecule has 5 nitrogen and oxygen atoms in total. The second kappa shape index (κ2) is 6.25. The van der Waals surface area contributed by atoms with Gasteiger partial charge in [-0.25, -0.2) is 0 Å². The van der Waals surface area contributed by atoms with Crippen LogP contribution in [-0.2, 0) is 9.59 Å². The maximum atomic E-state index is 11.6. The summed E-state index contributed by atoms with van der Waals surface area (Å²) < 4.78 is 5.67. The molecule has 20 heavy (non-hydrogen) atoms. The van der Waals surface area contributed by atoms with Crippen LogP contribution < -0.4 is 15.8 Å². The highest BCUT2D eigenvalue weighted by molar-refractivity contribution is 8.26. The summed E-state index contributed by atoms with van der Waals surface area (Å²) in [5.74, 6) is -0.458. The van der Waals surface area contributed by atoms with E-state index in [1.165, 1.54) is 0 Å². The molecule has 0 spiro atoms. The van der Waals surface area contributed by atoms with Crippen molar-refractivity contribution in [1.29, 1.82) is 0 Å². The minimum atomic E-state index is -0.590. The molecule has 1 aliphatic rings. The lowest BCUT2D eigenvalue weighted by Crippen LogP contribution is -2.20. The summed E-state index contributed by atoms with van der Waals surface area (Å²) in [5, 5.41) is 2.99. The summed E-state index contributed by atoms with van der Waals surface area (Å²) in [4.78, 5) is 22.8. The number of hydrogen-bond donors (Lipinski definition) is 2. The number of amides is 2. The van der Waals surface area contributed by atoms with Crippen molar-refractivity contribution in [1.82, 2.24) is 5.32 Å². The molecule has 0 atom stereocenters. The third-order valence-electron chi connectivity index (χ3n) is 2.27. The van der Waals surface area contributed by atoms with Crippen molar-refractivity contribution in [3.63, 3.8) is 0 Å². The van der Waals surface area contributed by atoms with Crippen molar-refractivity contribution < 1.29 is 14.3 Å². The molecule has 0 saturated carbocycles.